The van der Waals surface area contributed by atoms with Gasteiger partial charge in [0.25, 0.3) is 0 Å². The van der Waals surface area contributed by atoms with E-state index >= 15 is 0 Å². The largest absolute Gasteiger partial charge is 0.494 e. The minimum absolute atomic E-state index is 0.450. The molecule has 3 rings (SSSR count). The minimum Gasteiger partial charge on any atom is -0.494 e. The Morgan fingerprint density at radius 1 is 0.971 bits per heavy atom. The van der Waals surface area contributed by atoms with Crippen molar-refractivity contribution in [3.05, 3.63) is 41.3 Å². The number of benzene rings is 1. The van der Waals surface area contributed by atoms with Gasteiger partial charge < -0.3 is 9.46 Å². The van der Waals surface area contributed by atoms with Crippen LogP contribution in [0.2, 0.25) is 5.15 Å². The van der Waals surface area contributed by atoms with Crippen LogP contribution < -0.4 is 9.46 Å². The molecule has 0 spiro atoms. The molecule has 5 nitrogen and oxygen atoms in total. The number of nitrogens with zero attached hydrogens (tertiary/aromatic N) is 3. The van der Waals surface area contributed by atoms with Gasteiger partial charge in [-0.25, -0.2) is 9.67 Å². The molecular formula is C27H45ClN4OS. The van der Waals surface area contributed by atoms with Gasteiger partial charge in [-0.05, 0) is 18.6 Å². The second-order valence-corrected chi connectivity index (χ2v) is 8.33. The van der Waals surface area contributed by atoms with Crippen molar-refractivity contribution in [2.45, 2.75) is 87.0 Å². The van der Waals surface area contributed by atoms with Crippen molar-refractivity contribution < 1.29 is 4.74 Å². The Bertz CT molecular complexity index is 922. The summed E-state index contributed by atoms with van der Waals surface area (Å²) < 4.78 is 10.7. The molecule has 0 radical (unpaired) electrons. The number of hydrogen-bond acceptors (Lipinski definition) is 5. The lowest BCUT2D eigenvalue weighted by Crippen LogP contribution is -2.01. The summed E-state index contributed by atoms with van der Waals surface area (Å²) in [6, 6.07) is 7.80. The molecule has 2 heterocycles. The Hall–Kier alpha value is -1.92. The van der Waals surface area contributed by atoms with Gasteiger partial charge in [0.15, 0.2) is 0 Å². The van der Waals surface area contributed by atoms with Crippen molar-refractivity contribution in [2.24, 2.45) is 0 Å². The lowest BCUT2D eigenvalue weighted by molar-refractivity contribution is 0.412. The molecule has 34 heavy (non-hydrogen) atoms. The summed E-state index contributed by atoms with van der Waals surface area (Å²) in [7, 11) is 1.66. The smallest absolute Gasteiger partial charge is 0.146 e. The summed E-state index contributed by atoms with van der Waals surface area (Å²) in [5.74, 6) is 0.745. The second-order valence-electron chi connectivity index (χ2n) is 7.33. The Morgan fingerprint density at radius 2 is 1.59 bits per heavy atom. The summed E-state index contributed by atoms with van der Waals surface area (Å²) in [6.45, 7) is 14.9. The van der Waals surface area contributed by atoms with Crippen molar-refractivity contribution in [3.8, 4) is 11.4 Å². The van der Waals surface area contributed by atoms with Crippen LogP contribution in [0.5, 0.6) is 5.75 Å². The molecule has 0 unspecified atom stereocenters. The third-order valence-corrected chi connectivity index (χ3v) is 5.37. The van der Waals surface area contributed by atoms with Crippen LogP contribution >= 0.6 is 23.5 Å². The molecule has 0 saturated heterocycles. The van der Waals surface area contributed by atoms with Gasteiger partial charge in [0.05, 0.1) is 18.3 Å². The molecule has 0 aliphatic carbocycles. The third-order valence-electron chi connectivity index (χ3n) is 4.72. The van der Waals surface area contributed by atoms with Gasteiger partial charge in [0, 0.05) is 35.7 Å². The standard InChI is InChI=1S/C17H19ClN4OS.2C4H10.C2H6/c1-4-5-13-12-10-19-17(18)9-15(12)22(20-13)14-7-6-11(21-24-3)8-16(14)23-2;2*1-3-4-2;1-2/h6-10,21H,4-5H2,1-3H3;2*3-4H2,1-2H3;1-2H3. The molecule has 1 N–H and O–H groups in total. The Labute approximate surface area is 217 Å². The van der Waals surface area contributed by atoms with Crippen LogP contribution in [-0.2, 0) is 6.42 Å². The van der Waals surface area contributed by atoms with Gasteiger partial charge in [-0.3, -0.25) is 0 Å². The van der Waals surface area contributed by atoms with E-state index in [9.17, 15) is 0 Å². The number of rotatable bonds is 8. The molecule has 0 aliphatic heterocycles. The zero-order chi connectivity index (χ0) is 25.9. The van der Waals surface area contributed by atoms with Gasteiger partial charge in [-0.2, -0.15) is 5.10 Å². The van der Waals surface area contributed by atoms with E-state index in [4.69, 9.17) is 21.4 Å². The van der Waals surface area contributed by atoms with Gasteiger partial charge in [0.1, 0.15) is 16.6 Å². The molecule has 192 valence electrons. The molecule has 0 saturated carbocycles. The molecule has 7 heteroatoms. The number of nitrogens with one attached hydrogen (secondary N) is 1. The summed E-state index contributed by atoms with van der Waals surface area (Å²) in [6.07, 6.45) is 11.0. The Kier molecular flexibility index (Phi) is 18.3. The number of pyridine rings is 1. The lowest BCUT2D eigenvalue weighted by Gasteiger charge is -2.12. The maximum Gasteiger partial charge on any atom is 0.146 e. The molecule has 0 fully saturated rings. The van der Waals surface area contributed by atoms with E-state index in [0.717, 1.165) is 46.6 Å². The van der Waals surface area contributed by atoms with Crippen LogP contribution in [0.4, 0.5) is 5.69 Å². The van der Waals surface area contributed by atoms with Crippen LogP contribution in [-0.4, -0.2) is 28.1 Å². The highest BCUT2D eigenvalue weighted by molar-refractivity contribution is 7.99. The van der Waals surface area contributed by atoms with Crippen LogP contribution in [0.3, 0.4) is 0 Å². The van der Waals surface area contributed by atoms with Crippen LogP contribution in [0.1, 0.15) is 86.3 Å². The SMILES string of the molecule is CC.CCCC.CCCC.CCCc1nn(-c2ccc(NSC)cc2OC)c2cc(Cl)ncc12. The van der Waals surface area contributed by atoms with E-state index in [1.807, 2.05) is 49.1 Å². The highest BCUT2D eigenvalue weighted by Gasteiger charge is 2.16. The molecule has 0 bridgehead atoms. The van der Waals surface area contributed by atoms with E-state index in [1.54, 1.807) is 13.3 Å². The number of hydrogen-bond donors (Lipinski definition) is 1. The Balaban J connectivity index is 0.000000934. The van der Waals surface area contributed by atoms with Crippen LogP contribution in [0.25, 0.3) is 16.6 Å². The Morgan fingerprint density at radius 3 is 2.09 bits per heavy atom. The normalized spacial score (nSPS) is 9.71. The number of aryl methyl sites for hydroxylation is 1. The molecule has 0 aliphatic rings. The number of ether oxygens (including phenoxy) is 1. The summed E-state index contributed by atoms with van der Waals surface area (Å²) in [5.41, 5.74) is 3.80. The number of unbranched alkanes of at least 4 members (excludes halogenated alkanes) is 2. The average Bonchev–Trinajstić information content (AvgIpc) is 3.23. The van der Waals surface area contributed by atoms with Gasteiger partial charge in [-0.1, -0.05) is 104 Å². The van der Waals surface area contributed by atoms with Crippen molar-refractivity contribution >= 4 is 40.1 Å². The molecule has 3 aromatic rings. The average molecular weight is 509 g/mol. The lowest BCUT2D eigenvalue weighted by atomic mass is 10.2. The fourth-order valence-corrected chi connectivity index (χ4v) is 3.20. The summed E-state index contributed by atoms with van der Waals surface area (Å²) >= 11 is 7.65. The van der Waals surface area contributed by atoms with Crippen molar-refractivity contribution in [3.63, 3.8) is 0 Å². The highest BCUT2D eigenvalue weighted by atomic mass is 35.5. The topological polar surface area (TPSA) is 52.0 Å². The molecule has 0 atom stereocenters. The molecule has 0 amide bonds. The van der Waals surface area contributed by atoms with Crippen molar-refractivity contribution in [2.75, 3.05) is 18.1 Å². The van der Waals surface area contributed by atoms with E-state index in [2.05, 4.69) is 44.3 Å². The van der Waals surface area contributed by atoms with Gasteiger partial charge >= 0.3 is 0 Å². The number of halogens is 1. The maximum atomic E-state index is 6.11. The summed E-state index contributed by atoms with van der Waals surface area (Å²) in [4.78, 5) is 4.21. The van der Waals surface area contributed by atoms with E-state index in [-0.39, 0.29) is 0 Å². The van der Waals surface area contributed by atoms with Gasteiger partial charge in [0.2, 0.25) is 0 Å². The predicted molar refractivity (Wildman–Crippen MR) is 154 cm³/mol. The highest BCUT2D eigenvalue weighted by Crippen LogP contribution is 2.31. The quantitative estimate of drug-likeness (QED) is 0.242. The number of fused-ring (bicyclic) bond motifs is 1. The zero-order valence-electron chi connectivity index (χ0n) is 22.7. The number of anilines is 1. The second kappa shape index (κ2) is 19.4. The third kappa shape index (κ3) is 10.1. The first kappa shape index (κ1) is 32.1. The van der Waals surface area contributed by atoms with E-state index in [1.165, 1.54) is 37.6 Å². The molecular weight excluding hydrogens is 464 g/mol. The fourth-order valence-electron chi connectivity index (χ4n) is 2.69. The van der Waals surface area contributed by atoms with Gasteiger partial charge in [-0.15, -0.1) is 0 Å². The van der Waals surface area contributed by atoms with Crippen molar-refractivity contribution in [1.29, 1.82) is 0 Å². The van der Waals surface area contributed by atoms with Crippen LogP contribution in [0, 0.1) is 0 Å². The fraction of sp³-hybridized carbons (Fsp3) is 0.556. The van der Waals surface area contributed by atoms with Crippen LogP contribution in [0.15, 0.2) is 30.5 Å². The summed E-state index contributed by atoms with van der Waals surface area (Å²) in [5, 5.41) is 6.26. The molecule has 1 aromatic carbocycles. The number of aromatic nitrogens is 3. The zero-order valence-corrected chi connectivity index (χ0v) is 24.2. The first-order valence-electron chi connectivity index (χ1n) is 12.5. The first-order chi connectivity index (χ1) is 16.5. The number of methoxy groups -OCH3 is 1. The van der Waals surface area contributed by atoms with Crippen molar-refractivity contribution in [1.82, 2.24) is 14.8 Å². The predicted octanol–water partition coefficient (Wildman–Crippen LogP) is 9.36. The molecule has 2 aromatic heterocycles. The minimum atomic E-state index is 0.450. The van der Waals surface area contributed by atoms with E-state index in [0.29, 0.717) is 5.15 Å². The first-order valence-corrected chi connectivity index (χ1v) is 14.1. The monoisotopic (exact) mass is 508 g/mol. The van der Waals surface area contributed by atoms with E-state index < -0.39 is 0 Å². The maximum absolute atomic E-state index is 6.11.